The maximum Gasteiger partial charge on any atom is 0.416 e. The largest absolute Gasteiger partial charge is 0.416 e. The van der Waals surface area contributed by atoms with Crippen LogP contribution in [0.1, 0.15) is 22.3 Å². The van der Waals surface area contributed by atoms with E-state index in [1.165, 1.54) is 17.2 Å². The lowest BCUT2D eigenvalue weighted by Crippen LogP contribution is -2.23. The Kier molecular flexibility index (Phi) is 6.12. The summed E-state index contributed by atoms with van der Waals surface area (Å²) in [5.41, 5.74) is 4.86. The lowest BCUT2D eigenvalue weighted by atomic mass is 10.0. The molecule has 4 aromatic rings. The molecule has 35 heavy (non-hydrogen) atoms. The van der Waals surface area contributed by atoms with E-state index in [-0.39, 0.29) is 6.54 Å². The molecule has 7 nitrogen and oxygen atoms in total. The quantitative estimate of drug-likeness (QED) is 0.365. The highest BCUT2D eigenvalue weighted by molar-refractivity contribution is 5.78. The van der Waals surface area contributed by atoms with Crippen LogP contribution in [0.25, 0.3) is 11.1 Å². The molecule has 0 saturated carbocycles. The fraction of sp³-hybridized carbons (Fsp3) is 0.240. The van der Waals surface area contributed by atoms with Crippen molar-refractivity contribution in [3.63, 3.8) is 0 Å². The lowest BCUT2D eigenvalue weighted by molar-refractivity contribution is -0.137. The van der Waals surface area contributed by atoms with Gasteiger partial charge in [0, 0.05) is 49.3 Å². The second-order valence-corrected chi connectivity index (χ2v) is 8.45. The predicted molar refractivity (Wildman–Crippen MR) is 128 cm³/mol. The standard InChI is InChI=1S/C25H24F3N7/c1-35-15-19(13-32-35)22-14-31-24(30-11-16-3-2-4-20(9-16)25(26,27)28)34-23(22)33-21-6-5-17-7-8-29-12-18(17)10-21/h2-6,9-10,13-15,29H,7-8,11-12H2,1H3,(H2,30,31,33,34). The molecule has 3 heterocycles. The molecule has 2 aromatic heterocycles. The highest BCUT2D eigenvalue weighted by atomic mass is 19.4. The van der Waals surface area contributed by atoms with Gasteiger partial charge in [-0.05, 0) is 53.9 Å². The number of rotatable bonds is 6. The summed E-state index contributed by atoms with van der Waals surface area (Å²) in [6, 6.07) is 11.4. The number of halogens is 3. The summed E-state index contributed by atoms with van der Waals surface area (Å²) in [5.74, 6) is 0.875. The molecule has 180 valence electrons. The summed E-state index contributed by atoms with van der Waals surface area (Å²) in [6.07, 6.45) is 1.89. The average Bonchev–Trinajstić information content (AvgIpc) is 3.28. The van der Waals surface area contributed by atoms with Crippen molar-refractivity contribution in [3.05, 3.63) is 83.3 Å². The highest BCUT2D eigenvalue weighted by Crippen LogP contribution is 2.31. The van der Waals surface area contributed by atoms with E-state index < -0.39 is 11.7 Å². The van der Waals surface area contributed by atoms with Crippen LogP contribution in [0.5, 0.6) is 0 Å². The first-order valence-corrected chi connectivity index (χ1v) is 11.2. The fourth-order valence-corrected chi connectivity index (χ4v) is 4.07. The topological polar surface area (TPSA) is 79.7 Å². The number of nitrogens with one attached hydrogen (secondary N) is 3. The van der Waals surface area contributed by atoms with E-state index in [2.05, 4.69) is 43.1 Å². The normalized spacial score (nSPS) is 13.4. The monoisotopic (exact) mass is 479 g/mol. The molecule has 0 atom stereocenters. The molecule has 0 bridgehead atoms. The van der Waals surface area contributed by atoms with E-state index in [0.29, 0.717) is 17.3 Å². The molecular weight excluding hydrogens is 455 g/mol. The molecule has 1 aliphatic rings. The Balaban J connectivity index is 1.42. The van der Waals surface area contributed by atoms with Gasteiger partial charge in [0.05, 0.1) is 11.8 Å². The van der Waals surface area contributed by atoms with Crippen LogP contribution >= 0.6 is 0 Å². The second kappa shape index (κ2) is 9.38. The maximum absolute atomic E-state index is 13.0. The van der Waals surface area contributed by atoms with Crippen molar-refractivity contribution in [1.82, 2.24) is 25.1 Å². The molecule has 5 rings (SSSR count). The summed E-state index contributed by atoms with van der Waals surface area (Å²) < 4.78 is 40.8. The van der Waals surface area contributed by atoms with Gasteiger partial charge in [-0.2, -0.15) is 23.3 Å². The Morgan fingerprint density at radius 3 is 2.77 bits per heavy atom. The first-order chi connectivity index (χ1) is 16.8. The Morgan fingerprint density at radius 1 is 1.09 bits per heavy atom. The molecule has 0 amide bonds. The molecule has 0 aliphatic carbocycles. The van der Waals surface area contributed by atoms with Crippen molar-refractivity contribution in [2.24, 2.45) is 7.05 Å². The Morgan fingerprint density at radius 2 is 1.97 bits per heavy atom. The maximum atomic E-state index is 13.0. The third kappa shape index (κ3) is 5.27. The number of hydrogen-bond acceptors (Lipinski definition) is 6. The Labute approximate surface area is 200 Å². The molecule has 0 spiro atoms. The number of nitrogens with zero attached hydrogens (tertiary/aromatic N) is 4. The van der Waals surface area contributed by atoms with Crippen molar-refractivity contribution in [1.29, 1.82) is 0 Å². The van der Waals surface area contributed by atoms with Crippen molar-refractivity contribution in [2.45, 2.75) is 25.7 Å². The number of fused-ring (bicyclic) bond motifs is 1. The van der Waals surface area contributed by atoms with E-state index in [4.69, 9.17) is 0 Å². The minimum atomic E-state index is -4.39. The zero-order chi connectivity index (χ0) is 24.4. The third-order valence-electron chi connectivity index (χ3n) is 5.87. The lowest BCUT2D eigenvalue weighted by Gasteiger charge is -2.19. The first-order valence-electron chi connectivity index (χ1n) is 11.2. The minimum Gasteiger partial charge on any atom is -0.350 e. The van der Waals surface area contributed by atoms with Gasteiger partial charge in [0.15, 0.2) is 0 Å². The molecule has 10 heteroatoms. The molecule has 3 N–H and O–H groups in total. The summed E-state index contributed by atoms with van der Waals surface area (Å²) in [5, 5.41) is 14.1. The molecule has 0 saturated heterocycles. The summed E-state index contributed by atoms with van der Waals surface area (Å²) in [6.45, 7) is 1.94. The van der Waals surface area contributed by atoms with Gasteiger partial charge in [-0.25, -0.2) is 4.98 Å². The summed E-state index contributed by atoms with van der Waals surface area (Å²) >= 11 is 0. The van der Waals surface area contributed by atoms with Gasteiger partial charge in [0.2, 0.25) is 5.95 Å². The van der Waals surface area contributed by atoms with Gasteiger partial charge in [-0.1, -0.05) is 18.2 Å². The van der Waals surface area contributed by atoms with Crippen LogP contribution in [-0.2, 0) is 32.7 Å². The van der Waals surface area contributed by atoms with Crippen LogP contribution in [0.4, 0.5) is 30.6 Å². The van der Waals surface area contributed by atoms with Crippen molar-refractivity contribution < 1.29 is 13.2 Å². The first kappa shape index (κ1) is 22.9. The van der Waals surface area contributed by atoms with Gasteiger partial charge < -0.3 is 16.0 Å². The molecule has 2 aromatic carbocycles. The number of anilines is 3. The van der Waals surface area contributed by atoms with Crippen LogP contribution in [0.15, 0.2) is 61.1 Å². The van der Waals surface area contributed by atoms with E-state index in [1.54, 1.807) is 23.1 Å². The van der Waals surface area contributed by atoms with Crippen LogP contribution < -0.4 is 16.0 Å². The molecule has 1 aliphatic heterocycles. The van der Waals surface area contributed by atoms with Gasteiger partial charge >= 0.3 is 6.18 Å². The van der Waals surface area contributed by atoms with E-state index >= 15 is 0 Å². The average molecular weight is 480 g/mol. The summed E-state index contributed by atoms with van der Waals surface area (Å²) in [4.78, 5) is 9.04. The molecular formula is C25H24F3N7. The number of alkyl halides is 3. The van der Waals surface area contributed by atoms with Gasteiger partial charge in [0.1, 0.15) is 5.82 Å². The minimum absolute atomic E-state index is 0.153. The Bertz CT molecular complexity index is 1350. The van der Waals surface area contributed by atoms with Gasteiger partial charge in [-0.15, -0.1) is 0 Å². The van der Waals surface area contributed by atoms with E-state index in [9.17, 15) is 13.2 Å². The number of benzene rings is 2. The van der Waals surface area contributed by atoms with Crippen LogP contribution in [0, 0.1) is 0 Å². The van der Waals surface area contributed by atoms with Gasteiger partial charge in [-0.3, -0.25) is 4.68 Å². The highest BCUT2D eigenvalue weighted by Gasteiger charge is 2.30. The molecule has 0 unspecified atom stereocenters. The van der Waals surface area contributed by atoms with Crippen molar-refractivity contribution >= 4 is 17.5 Å². The number of aromatic nitrogens is 4. The van der Waals surface area contributed by atoms with E-state index in [0.717, 1.165) is 48.5 Å². The fourth-order valence-electron chi connectivity index (χ4n) is 4.07. The zero-order valence-electron chi connectivity index (χ0n) is 19.0. The number of hydrogen-bond donors (Lipinski definition) is 3. The smallest absolute Gasteiger partial charge is 0.350 e. The molecule has 0 radical (unpaired) electrons. The van der Waals surface area contributed by atoms with Crippen molar-refractivity contribution in [2.75, 3.05) is 17.2 Å². The van der Waals surface area contributed by atoms with Crippen LogP contribution in [-0.4, -0.2) is 26.3 Å². The Hall–Kier alpha value is -3.92. The van der Waals surface area contributed by atoms with E-state index in [1.807, 2.05) is 19.3 Å². The second-order valence-electron chi connectivity index (χ2n) is 8.45. The van der Waals surface area contributed by atoms with Crippen LogP contribution in [0.2, 0.25) is 0 Å². The number of aryl methyl sites for hydroxylation is 1. The summed E-state index contributed by atoms with van der Waals surface area (Å²) in [7, 11) is 1.83. The zero-order valence-corrected chi connectivity index (χ0v) is 19.0. The van der Waals surface area contributed by atoms with Crippen LogP contribution in [0.3, 0.4) is 0 Å². The molecule has 0 fully saturated rings. The predicted octanol–water partition coefficient (Wildman–Crippen LogP) is 4.90. The van der Waals surface area contributed by atoms with Crippen molar-refractivity contribution in [3.8, 4) is 11.1 Å². The third-order valence-corrected chi connectivity index (χ3v) is 5.87. The van der Waals surface area contributed by atoms with Gasteiger partial charge in [0.25, 0.3) is 0 Å². The SMILES string of the molecule is Cn1cc(-c2cnc(NCc3cccc(C(F)(F)F)c3)nc2Nc2ccc3c(c2)CNCC3)cn1.